The summed E-state index contributed by atoms with van der Waals surface area (Å²) in [5.74, 6) is 0.938. The van der Waals surface area contributed by atoms with Crippen molar-refractivity contribution in [1.29, 1.82) is 0 Å². The van der Waals surface area contributed by atoms with E-state index in [9.17, 15) is 0 Å². The lowest BCUT2D eigenvalue weighted by molar-refractivity contribution is 0.228. The Morgan fingerprint density at radius 1 is 1.36 bits per heavy atom. The van der Waals surface area contributed by atoms with Crippen molar-refractivity contribution in [2.45, 2.75) is 19.1 Å². The van der Waals surface area contributed by atoms with Gasteiger partial charge in [0, 0.05) is 5.56 Å². The summed E-state index contributed by atoms with van der Waals surface area (Å²) in [6.45, 7) is 1.99. The van der Waals surface area contributed by atoms with Crippen molar-refractivity contribution in [1.82, 2.24) is 0 Å². The van der Waals surface area contributed by atoms with Crippen LogP contribution in [-0.2, 0) is 0 Å². The second kappa shape index (κ2) is 2.24. The monoisotopic (exact) mass is 149 g/mol. The van der Waals surface area contributed by atoms with Gasteiger partial charge in [-0.15, -0.1) is 0 Å². The van der Waals surface area contributed by atoms with E-state index < -0.39 is 0 Å². The zero-order valence-electron chi connectivity index (χ0n) is 6.45. The lowest BCUT2D eigenvalue weighted by atomic mass is 10.1. The first-order chi connectivity index (χ1) is 5.29. The van der Waals surface area contributed by atoms with Crippen molar-refractivity contribution in [3.63, 3.8) is 0 Å². The maximum absolute atomic E-state index is 5.86. The molecule has 0 amide bonds. The summed E-state index contributed by atoms with van der Waals surface area (Å²) < 4.78 is 5.49. The smallest absolute Gasteiger partial charge is 0.124 e. The van der Waals surface area contributed by atoms with E-state index in [4.69, 9.17) is 10.5 Å². The molecule has 2 atom stereocenters. The normalized spacial score (nSPS) is 27.8. The van der Waals surface area contributed by atoms with Crippen molar-refractivity contribution in [3.8, 4) is 5.75 Å². The van der Waals surface area contributed by atoms with Gasteiger partial charge in [-0.25, -0.2) is 0 Å². The topological polar surface area (TPSA) is 35.2 Å². The Labute approximate surface area is 66.0 Å². The minimum Gasteiger partial charge on any atom is -0.488 e. The molecule has 2 heteroatoms. The first-order valence-corrected chi connectivity index (χ1v) is 3.80. The molecule has 1 aromatic rings. The van der Waals surface area contributed by atoms with Gasteiger partial charge in [0.15, 0.2) is 0 Å². The van der Waals surface area contributed by atoms with E-state index in [0.29, 0.717) is 0 Å². The molecule has 0 unspecified atom stereocenters. The van der Waals surface area contributed by atoms with E-state index >= 15 is 0 Å². The van der Waals surface area contributed by atoms with Gasteiger partial charge in [-0.1, -0.05) is 18.2 Å². The number of para-hydroxylation sites is 1. The van der Waals surface area contributed by atoms with Crippen LogP contribution in [0.5, 0.6) is 5.75 Å². The minimum atomic E-state index is 0.0474. The average molecular weight is 149 g/mol. The highest BCUT2D eigenvalue weighted by molar-refractivity contribution is 5.39. The van der Waals surface area contributed by atoms with E-state index in [2.05, 4.69) is 0 Å². The highest BCUT2D eigenvalue weighted by Crippen LogP contribution is 2.34. The molecule has 2 nitrogen and oxygen atoms in total. The maximum Gasteiger partial charge on any atom is 0.124 e. The fourth-order valence-electron chi connectivity index (χ4n) is 1.39. The number of hydrogen-bond donors (Lipinski definition) is 1. The molecule has 1 aliphatic rings. The zero-order chi connectivity index (χ0) is 7.84. The Balaban J connectivity index is 2.47. The summed E-state index contributed by atoms with van der Waals surface area (Å²) in [4.78, 5) is 0. The van der Waals surface area contributed by atoms with Crippen LogP contribution in [0.4, 0.5) is 0 Å². The molecule has 0 bridgehead atoms. The van der Waals surface area contributed by atoms with Crippen molar-refractivity contribution in [2.24, 2.45) is 5.73 Å². The van der Waals surface area contributed by atoms with Crippen molar-refractivity contribution in [3.05, 3.63) is 29.8 Å². The summed E-state index contributed by atoms with van der Waals surface area (Å²) in [6, 6.07) is 7.97. The van der Waals surface area contributed by atoms with Crippen LogP contribution in [0, 0.1) is 0 Å². The predicted octanol–water partition coefficient (Wildman–Crippen LogP) is 1.47. The van der Waals surface area contributed by atoms with E-state index in [-0.39, 0.29) is 12.1 Å². The third kappa shape index (κ3) is 0.906. The van der Waals surface area contributed by atoms with Crippen LogP contribution in [0.2, 0.25) is 0 Å². The van der Waals surface area contributed by atoms with Crippen molar-refractivity contribution >= 4 is 0 Å². The van der Waals surface area contributed by atoms with Gasteiger partial charge in [0.25, 0.3) is 0 Å². The van der Waals surface area contributed by atoms with Crippen LogP contribution in [0.25, 0.3) is 0 Å². The van der Waals surface area contributed by atoms with Gasteiger partial charge in [0.2, 0.25) is 0 Å². The number of ether oxygens (including phenoxy) is 1. The van der Waals surface area contributed by atoms with Gasteiger partial charge < -0.3 is 10.5 Å². The number of fused-ring (bicyclic) bond motifs is 1. The molecule has 11 heavy (non-hydrogen) atoms. The molecular weight excluding hydrogens is 138 g/mol. The van der Waals surface area contributed by atoms with Crippen molar-refractivity contribution in [2.75, 3.05) is 0 Å². The number of benzene rings is 1. The molecule has 2 rings (SSSR count). The number of nitrogens with two attached hydrogens (primary N) is 1. The fraction of sp³-hybridized carbons (Fsp3) is 0.333. The Morgan fingerprint density at radius 2 is 2.09 bits per heavy atom. The van der Waals surface area contributed by atoms with Gasteiger partial charge in [-0.2, -0.15) is 0 Å². The lowest BCUT2D eigenvalue weighted by Gasteiger charge is -2.07. The van der Waals surface area contributed by atoms with Crippen LogP contribution < -0.4 is 10.5 Å². The van der Waals surface area contributed by atoms with Crippen molar-refractivity contribution < 1.29 is 4.74 Å². The predicted molar refractivity (Wildman–Crippen MR) is 43.5 cm³/mol. The first kappa shape index (κ1) is 6.68. The van der Waals surface area contributed by atoms with Gasteiger partial charge >= 0.3 is 0 Å². The largest absolute Gasteiger partial charge is 0.488 e. The number of rotatable bonds is 0. The molecule has 58 valence electrons. The molecule has 0 saturated carbocycles. The Kier molecular flexibility index (Phi) is 1.36. The SMILES string of the molecule is C[C@H]1Oc2ccccc2[C@H]1N. The van der Waals surface area contributed by atoms with Gasteiger partial charge in [0.1, 0.15) is 11.9 Å². The molecule has 0 saturated heterocycles. The molecule has 0 fully saturated rings. The highest BCUT2D eigenvalue weighted by atomic mass is 16.5. The quantitative estimate of drug-likeness (QED) is 0.606. The Morgan fingerprint density at radius 3 is 2.82 bits per heavy atom. The molecular formula is C9H11NO. The molecule has 0 aliphatic carbocycles. The first-order valence-electron chi connectivity index (χ1n) is 3.80. The Bertz CT molecular complexity index is 272. The average Bonchev–Trinajstić information content (AvgIpc) is 2.30. The van der Waals surface area contributed by atoms with E-state index in [1.54, 1.807) is 0 Å². The van der Waals surface area contributed by atoms with Gasteiger partial charge in [0.05, 0.1) is 6.04 Å². The third-order valence-electron chi connectivity index (χ3n) is 2.10. The van der Waals surface area contributed by atoms with E-state index in [1.165, 1.54) is 0 Å². The Hall–Kier alpha value is -1.02. The van der Waals surface area contributed by atoms with Crippen LogP contribution in [0.3, 0.4) is 0 Å². The molecule has 1 aliphatic heterocycles. The fourth-order valence-corrected chi connectivity index (χ4v) is 1.39. The van der Waals surface area contributed by atoms with Crippen LogP contribution in [0.1, 0.15) is 18.5 Å². The molecule has 1 heterocycles. The molecule has 1 aromatic carbocycles. The molecule has 2 N–H and O–H groups in total. The van der Waals surface area contributed by atoms with E-state index in [0.717, 1.165) is 11.3 Å². The van der Waals surface area contributed by atoms with Crippen LogP contribution in [-0.4, -0.2) is 6.10 Å². The highest BCUT2D eigenvalue weighted by Gasteiger charge is 2.26. The standard InChI is InChI=1S/C9H11NO/c1-6-9(10)7-4-2-3-5-8(7)11-6/h2-6,9H,10H2,1H3/t6-,9+/m1/s1. The second-order valence-corrected chi connectivity index (χ2v) is 2.89. The van der Waals surface area contributed by atoms with Crippen LogP contribution in [0.15, 0.2) is 24.3 Å². The third-order valence-corrected chi connectivity index (χ3v) is 2.10. The summed E-state index contributed by atoms with van der Waals surface area (Å²) in [6.07, 6.45) is 0.118. The summed E-state index contributed by atoms with van der Waals surface area (Å²) >= 11 is 0. The zero-order valence-corrected chi connectivity index (χ0v) is 6.45. The summed E-state index contributed by atoms with van der Waals surface area (Å²) in [7, 11) is 0. The van der Waals surface area contributed by atoms with E-state index in [1.807, 2.05) is 31.2 Å². The van der Waals surface area contributed by atoms with Crippen LogP contribution >= 0.6 is 0 Å². The lowest BCUT2D eigenvalue weighted by Crippen LogP contribution is -2.21. The minimum absolute atomic E-state index is 0.0474. The molecule has 0 radical (unpaired) electrons. The summed E-state index contributed by atoms with van der Waals surface area (Å²) in [5, 5.41) is 0. The molecule has 0 aromatic heterocycles. The summed E-state index contributed by atoms with van der Waals surface area (Å²) in [5.41, 5.74) is 6.99. The van der Waals surface area contributed by atoms with Gasteiger partial charge in [-0.05, 0) is 13.0 Å². The molecule has 0 spiro atoms. The maximum atomic E-state index is 5.86. The van der Waals surface area contributed by atoms with Gasteiger partial charge in [-0.3, -0.25) is 0 Å². The second-order valence-electron chi connectivity index (χ2n) is 2.89. The number of hydrogen-bond acceptors (Lipinski definition) is 2.